The summed E-state index contributed by atoms with van der Waals surface area (Å²) in [5.74, 6) is -0.650. The summed E-state index contributed by atoms with van der Waals surface area (Å²) in [5, 5.41) is 8.62. The molecular weight excluding hydrogens is 704 g/mol. The van der Waals surface area contributed by atoms with Gasteiger partial charge in [0.1, 0.15) is 17.5 Å². The number of amides is 5. The Morgan fingerprint density at radius 1 is 0.873 bits per heavy atom. The quantitative estimate of drug-likeness (QED) is 0.136. The van der Waals surface area contributed by atoms with Crippen LogP contribution in [0.2, 0.25) is 0 Å². The molecular formula is C41H50N6O8. The molecule has 5 amide bonds. The van der Waals surface area contributed by atoms with E-state index in [1.165, 1.54) is 0 Å². The van der Waals surface area contributed by atoms with Crippen LogP contribution in [0.3, 0.4) is 0 Å². The van der Waals surface area contributed by atoms with Crippen LogP contribution in [0.1, 0.15) is 83.2 Å². The van der Waals surface area contributed by atoms with E-state index >= 15 is 0 Å². The zero-order valence-electron chi connectivity index (χ0n) is 32.0. The number of fused-ring (bicyclic) bond motifs is 1. The normalized spacial score (nSPS) is 17.2. The molecule has 292 valence electrons. The Bertz CT molecular complexity index is 1990. The third-order valence-electron chi connectivity index (χ3n) is 10.7. The fraction of sp³-hybridized carbons (Fsp3) is 0.463. The number of unbranched alkanes of at least 4 members (excludes halogenated alkanes) is 5. The largest absolute Gasteiger partial charge is 0.496 e. The summed E-state index contributed by atoms with van der Waals surface area (Å²) in [7, 11) is 5.00. The van der Waals surface area contributed by atoms with Crippen LogP contribution in [0.4, 0.5) is 5.69 Å². The van der Waals surface area contributed by atoms with Crippen LogP contribution in [0.5, 0.6) is 11.5 Å². The zero-order chi connectivity index (χ0) is 39.2. The van der Waals surface area contributed by atoms with Crippen molar-refractivity contribution in [3.8, 4) is 22.6 Å². The third-order valence-corrected chi connectivity index (χ3v) is 10.7. The predicted molar refractivity (Wildman–Crippen MR) is 206 cm³/mol. The zero-order valence-corrected chi connectivity index (χ0v) is 32.0. The lowest BCUT2D eigenvalue weighted by atomic mass is 9.96. The van der Waals surface area contributed by atoms with Crippen molar-refractivity contribution in [2.24, 2.45) is 13.0 Å². The van der Waals surface area contributed by atoms with E-state index in [1.54, 1.807) is 57.2 Å². The summed E-state index contributed by atoms with van der Waals surface area (Å²) < 4.78 is 13.1. The standard InChI is InChI=1S/C41H50N6O8/c1-25-18-27(21-45(2)39(25)51)26-19-33(54-3)30(34(20-26)55-4)24-46-22-28(23-46)37(49)43-17-10-8-6-5-7-9-16-42-31-13-11-12-29-36(31)41(53)47(40(29)52)32-14-15-35(48)44-38(32)50/h11-13,18-21,28,32,42H,5-10,14-17,22-24H2,1-4H3,(H,43,49)(H,44,48,50). The van der Waals surface area contributed by atoms with Gasteiger partial charge in [-0.15, -0.1) is 0 Å². The Hall–Kier alpha value is -5.50. The highest BCUT2D eigenvalue weighted by molar-refractivity contribution is 6.25. The van der Waals surface area contributed by atoms with E-state index in [0.717, 1.165) is 60.1 Å². The highest BCUT2D eigenvalue weighted by atomic mass is 16.5. The maximum Gasteiger partial charge on any atom is 0.264 e. The number of aryl methyl sites for hydroxylation is 2. The van der Waals surface area contributed by atoms with E-state index < -0.39 is 29.7 Å². The second-order valence-corrected chi connectivity index (χ2v) is 14.6. The molecule has 4 heterocycles. The van der Waals surface area contributed by atoms with Gasteiger partial charge in [-0.05, 0) is 67.6 Å². The molecule has 2 aromatic carbocycles. The summed E-state index contributed by atoms with van der Waals surface area (Å²) in [6, 6.07) is 9.87. The van der Waals surface area contributed by atoms with Gasteiger partial charge < -0.3 is 24.7 Å². The first kappa shape index (κ1) is 39.2. The van der Waals surface area contributed by atoms with Crippen molar-refractivity contribution in [3.05, 3.63) is 75.2 Å². The number of piperidine rings is 1. The average Bonchev–Trinajstić information content (AvgIpc) is 3.41. The number of nitrogens with one attached hydrogen (secondary N) is 3. The van der Waals surface area contributed by atoms with E-state index in [4.69, 9.17) is 9.47 Å². The van der Waals surface area contributed by atoms with Crippen LogP contribution in [-0.2, 0) is 28.0 Å². The molecule has 0 bridgehead atoms. The van der Waals surface area contributed by atoms with Gasteiger partial charge in [-0.1, -0.05) is 31.7 Å². The van der Waals surface area contributed by atoms with Crippen LogP contribution in [0.15, 0.2) is 47.4 Å². The summed E-state index contributed by atoms with van der Waals surface area (Å²) in [6.07, 6.45) is 7.89. The summed E-state index contributed by atoms with van der Waals surface area (Å²) in [5.41, 5.74) is 4.43. The van der Waals surface area contributed by atoms with Crippen molar-refractivity contribution in [1.29, 1.82) is 0 Å². The number of methoxy groups -OCH3 is 2. The lowest BCUT2D eigenvalue weighted by Crippen LogP contribution is -2.54. The fourth-order valence-corrected chi connectivity index (χ4v) is 7.63. The van der Waals surface area contributed by atoms with Gasteiger partial charge >= 0.3 is 0 Å². The number of benzene rings is 2. The van der Waals surface area contributed by atoms with Gasteiger partial charge in [0.15, 0.2) is 0 Å². The minimum Gasteiger partial charge on any atom is -0.496 e. The predicted octanol–water partition coefficient (Wildman–Crippen LogP) is 3.78. The fourth-order valence-electron chi connectivity index (χ4n) is 7.63. The number of hydrogen-bond donors (Lipinski definition) is 3. The van der Waals surface area contributed by atoms with E-state index in [9.17, 15) is 28.8 Å². The number of ether oxygens (including phenoxy) is 2. The van der Waals surface area contributed by atoms with Crippen molar-refractivity contribution in [3.63, 3.8) is 0 Å². The van der Waals surface area contributed by atoms with Gasteiger partial charge in [0.2, 0.25) is 17.7 Å². The molecule has 0 radical (unpaired) electrons. The molecule has 55 heavy (non-hydrogen) atoms. The van der Waals surface area contributed by atoms with E-state index in [2.05, 4.69) is 20.9 Å². The molecule has 1 atom stereocenters. The lowest BCUT2D eigenvalue weighted by molar-refractivity contribution is -0.136. The second kappa shape index (κ2) is 17.3. The topological polar surface area (TPSA) is 168 Å². The number of carbonyl (C=O) groups is 5. The molecule has 6 rings (SSSR count). The average molecular weight is 755 g/mol. The van der Waals surface area contributed by atoms with Crippen LogP contribution < -0.4 is 31.0 Å². The molecule has 3 aromatic rings. The van der Waals surface area contributed by atoms with Crippen LogP contribution in [0, 0.1) is 12.8 Å². The van der Waals surface area contributed by atoms with Gasteiger partial charge in [-0.25, -0.2) is 0 Å². The van der Waals surface area contributed by atoms with Crippen molar-refractivity contribution in [2.45, 2.75) is 70.9 Å². The second-order valence-electron chi connectivity index (χ2n) is 14.6. The van der Waals surface area contributed by atoms with E-state index in [-0.39, 0.29) is 41.4 Å². The third kappa shape index (κ3) is 8.59. The first-order chi connectivity index (χ1) is 26.5. The minimum absolute atomic E-state index is 0.0347. The number of anilines is 1. The Morgan fingerprint density at radius 2 is 1.55 bits per heavy atom. The van der Waals surface area contributed by atoms with Crippen molar-refractivity contribution >= 4 is 35.2 Å². The van der Waals surface area contributed by atoms with Crippen molar-refractivity contribution in [1.82, 2.24) is 25.0 Å². The van der Waals surface area contributed by atoms with Gasteiger partial charge in [0, 0.05) is 63.6 Å². The molecule has 2 fully saturated rings. The highest BCUT2D eigenvalue weighted by Crippen LogP contribution is 2.37. The highest BCUT2D eigenvalue weighted by Gasteiger charge is 2.45. The smallest absolute Gasteiger partial charge is 0.264 e. The first-order valence-electron chi connectivity index (χ1n) is 19.0. The SMILES string of the molecule is COc1cc(-c2cc(C)c(=O)n(C)c2)cc(OC)c1CN1CC(C(=O)NCCCCCCCCNc2cccc3c2C(=O)N(C2CCC(=O)NC2=O)C3=O)C1. The summed E-state index contributed by atoms with van der Waals surface area (Å²) in [6.45, 7) is 4.98. The van der Waals surface area contributed by atoms with Gasteiger partial charge in [-0.2, -0.15) is 0 Å². The maximum atomic E-state index is 13.3. The number of aromatic nitrogens is 1. The Morgan fingerprint density at radius 3 is 2.20 bits per heavy atom. The Kier molecular flexibility index (Phi) is 12.3. The molecule has 0 spiro atoms. The molecule has 1 aromatic heterocycles. The molecule has 1 unspecified atom stereocenters. The van der Waals surface area contributed by atoms with E-state index in [1.807, 2.05) is 18.2 Å². The van der Waals surface area contributed by atoms with Gasteiger partial charge in [0.25, 0.3) is 17.4 Å². The minimum atomic E-state index is -0.989. The molecule has 3 aliphatic rings. The number of likely N-dealkylation sites (tertiary alicyclic amines) is 1. The molecule has 0 saturated carbocycles. The first-order valence-corrected chi connectivity index (χ1v) is 19.0. The number of pyridine rings is 1. The van der Waals surface area contributed by atoms with Crippen LogP contribution in [-0.4, -0.2) is 90.3 Å². The number of hydrogen-bond acceptors (Lipinski definition) is 10. The molecule has 14 heteroatoms. The molecule has 14 nitrogen and oxygen atoms in total. The summed E-state index contributed by atoms with van der Waals surface area (Å²) >= 11 is 0. The number of imide groups is 2. The number of rotatable bonds is 17. The molecule has 0 aliphatic carbocycles. The number of nitrogens with zero attached hydrogens (tertiary/aromatic N) is 3. The monoisotopic (exact) mass is 754 g/mol. The van der Waals surface area contributed by atoms with Crippen LogP contribution in [0.25, 0.3) is 11.1 Å². The maximum absolute atomic E-state index is 13.3. The number of carbonyl (C=O) groups excluding carboxylic acids is 5. The lowest BCUT2D eigenvalue weighted by Gasteiger charge is -2.38. The van der Waals surface area contributed by atoms with Gasteiger partial charge in [0.05, 0.1) is 36.8 Å². The van der Waals surface area contributed by atoms with Gasteiger partial charge in [-0.3, -0.25) is 43.9 Å². The van der Waals surface area contributed by atoms with Crippen molar-refractivity contribution in [2.75, 3.05) is 45.7 Å². The van der Waals surface area contributed by atoms with Crippen LogP contribution >= 0.6 is 0 Å². The molecule has 3 N–H and O–H groups in total. The Labute approximate surface area is 320 Å². The van der Waals surface area contributed by atoms with E-state index in [0.29, 0.717) is 55.5 Å². The molecule has 2 saturated heterocycles. The Balaban J connectivity index is 0.862. The molecule has 3 aliphatic heterocycles. The van der Waals surface area contributed by atoms with Crippen molar-refractivity contribution < 1.29 is 33.4 Å². The summed E-state index contributed by atoms with van der Waals surface area (Å²) in [4.78, 5) is 78.4.